The quantitative estimate of drug-likeness (QED) is 0.639. The molecule has 0 bridgehead atoms. The van der Waals surface area contributed by atoms with Gasteiger partial charge in [0.25, 0.3) is 0 Å². The molecular formula is C12H13N. The number of hydrogen-bond acceptors (Lipinski definition) is 1. The average molecular weight is 171 g/mol. The van der Waals surface area contributed by atoms with Crippen LogP contribution in [-0.4, -0.2) is 0 Å². The van der Waals surface area contributed by atoms with E-state index in [0.717, 1.165) is 24.0 Å². The Bertz CT molecular complexity index is 317. The minimum atomic E-state index is 0.970. The molecule has 0 amide bonds. The minimum Gasteiger partial charge on any atom is -0.193 e. The third kappa shape index (κ3) is 2.76. The van der Waals surface area contributed by atoms with Gasteiger partial charge < -0.3 is 0 Å². The molecule has 1 rings (SSSR count). The first kappa shape index (κ1) is 9.54. The minimum absolute atomic E-state index is 0.970. The van der Waals surface area contributed by atoms with Gasteiger partial charge >= 0.3 is 0 Å². The van der Waals surface area contributed by atoms with E-state index in [1.54, 1.807) is 6.08 Å². The summed E-state index contributed by atoms with van der Waals surface area (Å²) in [7, 11) is 0. The Balaban J connectivity index is 2.91. The summed E-state index contributed by atoms with van der Waals surface area (Å²) in [4.78, 5) is 0. The summed E-state index contributed by atoms with van der Waals surface area (Å²) in [6.07, 6.45) is 3.68. The summed E-state index contributed by atoms with van der Waals surface area (Å²) in [5, 5.41) is 8.60. The molecule has 0 unspecified atom stereocenters. The van der Waals surface area contributed by atoms with Crippen LogP contribution in [0.3, 0.4) is 0 Å². The SMILES string of the molecule is CCC/C(=C/C#N)c1ccccc1. The van der Waals surface area contributed by atoms with Crippen molar-refractivity contribution in [3.8, 4) is 6.07 Å². The molecule has 0 atom stereocenters. The van der Waals surface area contributed by atoms with Crippen LogP contribution in [0.4, 0.5) is 0 Å². The van der Waals surface area contributed by atoms with Gasteiger partial charge in [0, 0.05) is 6.08 Å². The molecule has 0 aliphatic carbocycles. The maximum Gasteiger partial charge on any atom is 0.0915 e. The van der Waals surface area contributed by atoms with Crippen molar-refractivity contribution in [1.29, 1.82) is 5.26 Å². The number of nitriles is 1. The van der Waals surface area contributed by atoms with Crippen molar-refractivity contribution in [2.45, 2.75) is 19.8 Å². The molecule has 0 saturated carbocycles. The first-order valence-corrected chi connectivity index (χ1v) is 4.52. The van der Waals surface area contributed by atoms with Crippen LogP contribution in [0.15, 0.2) is 36.4 Å². The summed E-state index contributed by atoms with van der Waals surface area (Å²) >= 11 is 0. The van der Waals surface area contributed by atoms with Gasteiger partial charge in [0.05, 0.1) is 6.07 Å². The number of rotatable bonds is 3. The summed E-state index contributed by atoms with van der Waals surface area (Å²) < 4.78 is 0. The summed E-state index contributed by atoms with van der Waals surface area (Å²) in [6.45, 7) is 2.12. The lowest BCUT2D eigenvalue weighted by Crippen LogP contribution is -1.82. The maximum absolute atomic E-state index is 8.60. The first-order valence-electron chi connectivity index (χ1n) is 4.52. The molecule has 0 saturated heterocycles. The molecule has 66 valence electrons. The molecule has 0 spiro atoms. The van der Waals surface area contributed by atoms with Crippen LogP contribution in [0.1, 0.15) is 25.3 Å². The van der Waals surface area contributed by atoms with Crippen LogP contribution in [0.2, 0.25) is 0 Å². The Morgan fingerprint density at radius 2 is 2.08 bits per heavy atom. The highest BCUT2D eigenvalue weighted by atomic mass is 14.2. The van der Waals surface area contributed by atoms with Gasteiger partial charge in [-0.3, -0.25) is 0 Å². The summed E-state index contributed by atoms with van der Waals surface area (Å²) in [5.74, 6) is 0. The lowest BCUT2D eigenvalue weighted by molar-refractivity contribution is 0.973. The Kier molecular flexibility index (Phi) is 3.78. The van der Waals surface area contributed by atoms with Gasteiger partial charge in [-0.25, -0.2) is 0 Å². The van der Waals surface area contributed by atoms with Crippen LogP contribution in [0, 0.1) is 11.3 Å². The van der Waals surface area contributed by atoms with Crippen LogP contribution in [0.25, 0.3) is 5.57 Å². The lowest BCUT2D eigenvalue weighted by atomic mass is 10.0. The van der Waals surface area contributed by atoms with Gasteiger partial charge in [-0.05, 0) is 17.6 Å². The molecular weight excluding hydrogens is 158 g/mol. The summed E-state index contributed by atoms with van der Waals surface area (Å²) in [6, 6.07) is 12.1. The zero-order chi connectivity index (χ0) is 9.52. The van der Waals surface area contributed by atoms with E-state index < -0.39 is 0 Å². The molecule has 0 N–H and O–H groups in total. The molecule has 0 heterocycles. The number of allylic oxidation sites excluding steroid dienone is 2. The maximum atomic E-state index is 8.60. The fraction of sp³-hybridized carbons (Fsp3) is 0.250. The van der Waals surface area contributed by atoms with Crippen molar-refractivity contribution in [3.05, 3.63) is 42.0 Å². The third-order valence-corrected chi connectivity index (χ3v) is 1.90. The van der Waals surface area contributed by atoms with Gasteiger partial charge in [-0.2, -0.15) is 5.26 Å². The third-order valence-electron chi connectivity index (χ3n) is 1.90. The van der Waals surface area contributed by atoms with Crippen molar-refractivity contribution >= 4 is 5.57 Å². The molecule has 0 fully saturated rings. The second kappa shape index (κ2) is 5.16. The molecule has 0 radical (unpaired) electrons. The number of nitrogens with zero attached hydrogens (tertiary/aromatic N) is 1. The van der Waals surface area contributed by atoms with Gasteiger partial charge in [0.15, 0.2) is 0 Å². The highest BCUT2D eigenvalue weighted by Gasteiger charge is 1.98. The van der Waals surface area contributed by atoms with E-state index in [9.17, 15) is 0 Å². The molecule has 1 aromatic carbocycles. The van der Waals surface area contributed by atoms with E-state index >= 15 is 0 Å². The highest BCUT2D eigenvalue weighted by Crippen LogP contribution is 2.18. The predicted octanol–water partition coefficient (Wildman–Crippen LogP) is 3.39. The largest absolute Gasteiger partial charge is 0.193 e. The Labute approximate surface area is 79.3 Å². The van der Waals surface area contributed by atoms with Gasteiger partial charge in [-0.1, -0.05) is 43.7 Å². The molecule has 0 aliphatic heterocycles. The highest BCUT2D eigenvalue weighted by molar-refractivity contribution is 5.67. The lowest BCUT2D eigenvalue weighted by Gasteiger charge is -2.03. The van der Waals surface area contributed by atoms with Gasteiger partial charge in [0.2, 0.25) is 0 Å². The van der Waals surface area contributed by atoms with Crippen LogP contribution in [0.5, 0.6) is 0 Å². The van der Waals surface area contributed by atoms with Crippen molar-refractivity contribution in [1.82, 2.24) is 0 Å². The zero-order valence-corrected chi connectivity index (χ0v) is 7.83. The smallest absolute Gasteiger partial charge is 0.0915 e. The van der Waals surface area contributed by atoms with Crippen LogP contribution in [-0.2, 0) is 0 Å². The average Bonchev–Trinajstić information content (AvgIpc) is 2.19. The van der Waals surface area contributed by atoms with E-state index in [2.05, 4.69) is 13.0 Å². The Morgan fingerprint density at radius 1 is 1.38 bits per heavy atom. The van der Waals surface area contributed by atoms with Gasteiger partial charge in [0.1, 0.15) is 0 Å². The van der Waals surface area contributed by atoms with Crippen LogP contribution >= 0.6 is 0 Å². The Hall–Kier alpha value is -1.55. The van der Waals surface area contributed by atoms with Crippen molar-refractivity contribution < 1.29 is 0 Å². The molecule has 0 aliphatic rings. The topological polar surface area (TPSA) is 23.8 Å². The molecule has 1 aromatic rings. The molecule has 0 aromatic heterocycles. The monoisotopic (exact) mass is 171 g/mol. The summed E-state index contributed by atoms with van der Waals surface area (Å²) in [5.41, 5.74) is 2.29. The van der Waals surface area contributed by atoms with Crippen LogP contribution < -0.4 is 0 Å². The molecule has 1 nitrogen and oxygen atoms in total. The van der Waals surface area contributed by atoms with E-state index in [1.807, 2.05) is 30.3 Å². The predicted molar refractivity (Wildman–Crippen MR) is 54.9 cm³/mol. The molecule has 1 heteroatoms. The second-order valence-corrected chi connectivity index (χ2v) is 2.91. The standard InChI is InChI=1S/C12H13N/c1-2-6-11(9-10-13)12-7-4-3-5-8-12/h3-5,7-9H,2,6H2,1H3/b11-9-. The first-order chi connectivity index (χ1) is 6.38. The number of hydrogen-bond donors (Lipinski definition) is 0. The Morgan fingerprint density at radius 3 is 2.62 bits per heavy atom. The fourth-order valence-electron chi connectivity index (χ4n) is 1.30. The van der Waals surface area contributed by atoms with E-state index in [-0.39, 0.29) is 0 Å². The van der Waals surface area contributed by atoms with Crippen molar-refractivity contribution in [3.63, 3.8) is 0 Å². The number of benzene rings is 1. The van der Waals surface area contributed by atoms with E-state index in [4.69, 9.17) is 5.26 Å². The van der Waals surface area contributed by atoms with Gasteiger partial charge in [-0.15, -0.1) is 0 Å². The zero-order valence-electron chi connectivity index (χ0n) is 7.83. The van der Waals surface area contributed by atoms with E-state index in [0.29, 0.717) is 0 Å². The second-order valence-electron chi connectivity index (χ2n) is 2.91. The normalized spacial score (nSPS) is 10.9. The fourth-order valence-corrected chi connectivity index (χ4v) is 1.30. The molecule has 13 heavy (non-hydrogen) atoms. The van der Waals surface area contributed by atoms with E-state index in [1.165, 1.54) is 0 Å². The van der Waals surface area contributed by atoms with Crippen molar-refractivity contribution in [2.75, 3.05) is 0 Å². The van der Waals surface area contributed by atoms with Crippen molar-refractivity contribution in [2.24, 2.45) is 0 Å².